The lowest BCUT2D eigenvalue weighted by Crippen LogP contribution is -2.55. The Hall–Kier alpha value is -2.41. The Morgan fingerprint density at radius 1 is 1.15 bits per heavy atom. The van der Waals surface area contributed by atoms with Crippen LogP contribution in [-0.4, -0.2) is 48.8 Å². The Kier molecular flexibility index (Phi) is 6.59. The molecular weight excluding hydrogens is 352 g/mol. The molecule has 1 saturated carbocycles. The molecule has 0 saturated heterocycles. The SMILES string of the molecule is CCOC(=O)[C@@H]1C(=O)C[C@](C)(O)[C@H](C(=O)OCC)[C@H]1c1ccccc1OC. The van der Waals surface area contributed by atoms with Crippen LogP contribution in [0.25, 0.3) is 0 Å². The quantitative estimate of drug-likeness (QED) is 0.596. The Labute approximate surface area is 158 Å². The van der Waals surface area contributed by atoms with Crippen molar-refractivity contribution in [3.05, 3.63) is 29.8 Å². The molecule has 1 aromatic carbocycles. The van der Waals surface area contributed by atoms with E-state index < -0.39 is 41.1 Å². The minimum absolute atomic E-state index is 0.0989. The average molecular weight is 378 g/mol. The zero-order valence-electron chi connectivity index (χ0n) is 16.1. The maximum Gasteiger partial charge on any atom is 0.317 e. The third-order valence-electron chi connectivity index (χ3n) is 4.85. The molecule has 1 N–H and O–H groups in total. The van der Waals surface area contributed by atoms with E-state index in [-0.39, 0.29) is 19.6 Å². The van der Waals surface area contributed by atoms with Gasteiger partial charge in [0.2, 0.25) is 0 Å². The Morgan fingerprint density at radius 2 is 1.74 bits per heavy atom. The smallest absolute Gasteiger partial charge is 0.317 e. The Balaban J connectivity index is 2.67. The average Bonchev–Trinajstić information content (AvgIpc) is 2.60. The van der Waals surface area contributed by atoms with Crippen LogP contribution >= 0.6 is 0 Å². The normalized spacial score (nSPS) is 27.7. The third kappa shape index (κ3) is 4.13. The van der Waals surface area contributed by atoms with Gasteiger partial charge in [0, 0.05) is 12.3 Å². The van der Waals surface area contributed by atoms with Crippen LogP contribution in [0.4, 0.5) is 0 Å². The summed E-state index contributed by atoms with van der Waals surface area (Å²) in [4.78, 5) is 38.1. The van der Waals surface area contributed by atoms with Crippen LogP contribution < -0.4 is 4.74 Å². The van der Waals surface area contributed by atoms with Crippen molar-refractivity contribution in [1.29, 1.82) is 0 Å². The number of ether oxygens (including phenoxy) is 3. The maximum absolute atomic E-state index is 12.8. The molecule has 7 heteroatoms. The van der Waals surface area contributed by atoms with Crippen molar-refractivity contribution < 1.29 is 33.7 Å². The first-order valence-electron chi connectivity index (χ1n) is 8.99. The summed E-state index contributed by atoms with van der Waals surface area (Å²) in [5.41, 5.74) is -1.19. The second kappa shape index (κ2) is 8.52. The monoisotopic (exact) mass is 378 g/mol. The van der Waals surface area contributed by atoms with Gasteiger partial charge >= 0.3 is 11.9 Å². The minimum Gasteiger partial charge on any atom is -0.496 e. The fourth-order valence-corrected chi connectivity index (χ4v) is 3.80. The van der Waals surface area contributed by atoms with Gasteiger partial charge in [-0.3, -0.25) is 14.4 Å². The lowest BCUT2D eigenvalue weighted by Gasteiger charge is -2.43. The number of aliphatic hydroxyl groups is 1. The number of hydrogen-bond donors (Lipinski definition) is 1. The van der Waals surface area contributed by atoms with Crippen LogP contribution in [0.1, 0.15) is 38.7 Å². The van der Waals surface area contributed by atoms with E-state index in [1.54, 1.807) is 38.1 Å². The zero-order chi connectivity index (χ0) is 20.2. The fourth-order valence-electron chi connectivity index (χ4n) is 3.80. The lowest BCUT2D eigenvalue weighted by atomic mass is 9.61. The summed E-state index contributed by atoms with van der Waals surface area (Å²) in [6.45, 7) is 4.92. The van der Waals surface area contributed by atoms with Crippen molar-refractivity contribution in [2.24, 2.45) is 11.8 Å². The summed E-state index contributed by atoms with van der Waals surface area (Å²) in [5, 5.41) is 10.9. The van der Waals surface area contributed by atoms with Crippen molar-refractivity contribution in [2.45, 2.75) is 38.7 Å². The first-order valence-corrected chi connectivity index (χ1v) is 8.99. The van der Waals surface area contributed by atoms with Gasteiger partial charge in [-0.2, -0.15) is 0 Å². The van der Waals surface area contributed by atoms with Gasteiger partial charge in [-0.05, 0) is 32.4 Å². The molecule has 148 valence electrons. The lowest BCUT2D eigenvalue weighted by molar-refractivity contribution is -0.172. The topological polar surface area (TPSA) is 99.1 Å². The van der Waals surface area contributed by atoms with Crippen molar-refractivity contribution >= 4 is 17.7 Å². The van der Waals surface area contributed by atoms with E-state index >= 15 is 0 Å². The number of ketones is 1. The number of esters is 2. The third-order valence-corrected chi connectivity index (χ3v) is 4.85. The highest BCUT2D eigenvalue weighted by molar-refractivity contribution is 6.03. The van der Waals surface area contributed by atoms with Gasteiger partial charge in [0.05, 0.1) is 31.8 Å². The Bertz CT molecular complexity index is 710. The highest BCUT2D eigenvalue weighted by atomic mass is 16.5. The second-order valence-electron chi connectivity index (χ2n) is 6.73. The first-order chi connectivity index (χ1) is 12.8. The van der Waals surface area contributed by atoms with Crippen LogP contribution in [0.2, 0.25) is 0 Å². The molecule has 0 unspecified atom stereocenters. The number of rotatable bonds is 6. The van der Waals surface area contributed by atoms with E-state index in [1.807, 2.05) is 0 Å². The van der Waals surface area contributed by atoms with Crippen LogP contribution in [0, 0.1) is 11.8 Å². The van der Waals surface area contributed by atoms with Gasteiger partial charge in [-0.15, -0.1) is 0 Å². The van der Waals surface area contributed by atoms with Crippen LogP contribution in [0.15, 0.2) is 24.3 Å². The standard InChI is InChI=1S/C20H26O7/c1-5-26-18(22)16-13(21)11-20(3,24)17(19(23)27-6-2)15(16)12-9-7-8-10-14(12)25-4/h7-10,15-17,24H,5-6,11H2,1-4H3/t15-,16+,17-,20-/m0/s1. The number of Topliss-reactive ketones (excluding diaryl/α,β-unsaturated/α-hetero) is 1. The number of hydrogen-bond acceptors (Lipinski definition) is 7. The molecule has 0 amide bonds. The first kappa shape index (κ1) is 20.9. The van der Waals surface area contributed by atoms with E-state index in [0.717, 1.165) is 0 Å². The van der Waals surface area contributed by atoms with Crippen molar-refractivity contribution in [3.63, 3.8) is 0 Å². The number of carbonyl (C=O) groups excluding carboxylic acids is 3. The molecule has 1 aliphatic rings. The maximum atomic E-state index is 12.8. The highest BCUT2D eigenvalue weighted by Gasteiger charge is 2.57. The van der Waals surface area contributed by atoms with Crippen LogP contribution in [0.5, 0.6) is 5.75 Å². The van der Waals surface area contributed by atoms with Gasteiger partial charge in [0.1, 0.15) is 11.7 Å². The molecule has 1 aromatic rings. The van der Waals surface area contributed by atoms with E-state index in [4.69, 9.17) is 14.2 Å². The molecule has 0 radical (unpaired) electrons. The zero-order valence-corrected chi connectivity index (χ0v) is 16.1. The van der Waals surface area contributed by atoms with Crippen molar-refractivity contribution in [3.8, 4) is 5.75 Å². The van der Waals surface area contributed by atoms with Gasteiger partial charge in [0.25, 0.3) is 0 Å². The summed E-state index contributed by atoms with van der Waals surface area (Å²) in [6, 6.07) is 6.81. The molecule has 2 rings (SSSR count). The summed E-state index contributed by atoms with van der Waals surface area (Å²) in [5.74, 6) is -4.76. The summed E-state index contributed by atoms with van der Waals surface area (Å²) in [7, 11) is 1.46. The second-order valence-corrected chi connectivity index (χ2v) is 6.73. The molecule has 1 aliphatic carbocycles. The van der Waals surface area contributed by atoms with E-state index in [2.05, 4.69) is 0 Å². The number of methoxy groups -OCH3 is 1. The van der Waals surface area contributed by atoms with Crippen LogP contribution in [-0.2, 0) is 23.9 Å². The molecule has 4 atom stereocenters. The van der Waals surface area contributed by atoms with Crippen molar-refractivity contribution in [1.82, 2.24) is 0 Å². The number of carbonyl (C=O) groups is 3. The largest absolute Gasteiger partial charge is 0.496 e. The molecule has 0 bridgehead atoms. The fraction of sp³-hybridized carbons (Fsp3) is 0.550. The molecule has 0 heterocycles. The Morgan fingerprint density at radius 3 is 2.33 bits per heavy atom. The minimum atomic E-state index is -1.67. The summed E-state index contributed by atoms with van der Waals surface area (Å²) >= 11 is 0. The van der Waals surface area contributed by atoms with Gasteiger partial charge in [-0.1, -0.05) is 18.2 Å². The molecule has 0 spiro atoms. The van der Waals surface area contributed by atoms with E-state index in [9.17, 15) is 19.5 Å². The molecule has 1 fully saturated rings. The predicted molar refractivity (Wildman–Crippen MR) is 96.2 cm³/mol. The molecule has 0 aromatic heterocycles. The predicted octanol–water partition coefficient (Wildman–Crippen LogP) is 1.86. The van der Waals surface area contributed by atoms with Gasteiger partial charge in [0.15, 0.2) is 5.78 Å². The summed E-state index contributed by atoms with van der Waals surface area (Å²) < 4.78 is 15.6. The molecule has 7 nitrogen and oxygen atoms in total. The molecule has 27 heavy (non-hydrogen) atoms. The number of benzene rings is 1. The highest BCUT2D eigenvalue weighted by Crippen LogP contribution is 2.48. The van der Waals surface area contributed by atoms with E-state index in [0.29, 0.717) is 11.3 Å². The number of para-hydroxylation sites is 1. The van der Waals surface area contributed by atoms with Gasteiger partial charge < -0.3 is 19.3 Å². The van der Waals surface area contributed by atoms with Crippen LogP contribution in [0.3, 0.4) is 0 Å². The van der Waals surface area contributed by atoms with Crippen molar-refractivity contribution in [2.75, 3.05) is 20.3 Å². The summed E-state index contributed by atoms with van der Waals surface area (Å²) in [6.07, 6.45) is -0.342. The van der Waals surface area contributed by atoms with Gasteiger partial charge in [-0.25, -0.2) is 0 Å². The molecule has 0 aliphatic heterocycles. The molecular formula is C20H26O7. The van der Waals surface area contributed by atoms with E-state index in [1.165, 1.54) is 14.0 Å².